The minimum atomic E-state index is -0.715. The van der Waals surface area contributed by atoms with E-state index in [2.05, 4.69) is 10.2 Å². The third-order valence-corrected chi connectivity index (χ3v) is 5.76. The highest BCUT2D eigenvalue weighted by atomic mass is 16.2. The molecule has 3 aromatic rings. The van der Waals surface area contributed by atoms with Gasteiger partial charge in [0, 0.05) is 36.1 Å². The minimum Gasteiger partial charge on any atom is -0.307 e. The molecule has 29 heavy (non-hydrogen) atoms. The molecule has 2 atom stereocenters. The van der Waals surface area contributed by atoms with Crippen molar-refractivity contribution in [2.45, 2.75) is 46.2 Å². The highest BCUT2D eigenvalue weighted by molar-refractivity contribution is 5.98. The minimum absolute atomic E-state index is 0.0454. The average molecular weight is 391 g/mol. The summed E-state index contributed by atoms with van der Waals surface area (Å²) < 4.78 is 3.08. The van der Waals surface area contributed by atoms with E-state index >= 15 is 0 Å². The lowest BCUT2D eigenvalue weighted by Crippen LogP contribution is -2.42. The van der Waals surface area contributed by atoms with Gasteiger partial charge in [0.15, 0.2) is 0 Å². The molecule has 7 heteroatoms. The first kappa shape index (κ1) is 19.1. The van der Waals surface area contributed by atoms with Crippen molar-refractivity contribution in [3.8, 4) is 11.3 Å². The topological polar surface area (TPSA) is 73.0 Å². The first-order valence-electron chi connectivity index (χ1n) is 9.81. The summed E-state index contributed by atoms with van der Waals surface area (Å²) >= 11 is 0. The summed E-state index contributed by atoms with van der Waals surface area (Å²) in [5.74, 6) is -0.131. The Labute approximate surface area is 169 Å². The van der Waals surface area contributed by atoms with Gasteiger partial charge in [-0.2, -0.15) is 10.2 Å². The molecule has 0 saturated carbocycles. The second-order valence-electron chi connectivity index (χ2n) is 7.74. The molecule has 7 nitrogen and oxygen atoms in total. The molecule has 0 radical (unpaired) electrons. The molecule has 0 aliphatic carbocycles. The van der Waals surface area contributed by atoms with Crippen LogP contribution in [-0.2, 0) is 18.3 Å². The molecule has 1 aliphatic rings. The molecule has 1 amide bonds. The molecule has 4 rings (SSSR count). The normalized spacial score (nSPS) is 16.7. The predicted octanol–water partition coefficient (Wildman–Crippen LogP) is 2.80. The number of carbonyl (C=O) groups excluding carboxylic acids is 1. The number of carbonyl (C=O) groups is 1. The fourth-order valence-electron chi connectivity index (χ4n) is 4.19. The van der Waals surface area contributed by atoms with E-state index in [1.54, 1.807) is 22.6 Å². The van der Waals surface area contributed by atoms with E-state index in [4.69, 9.17) is 0 Å². The molecule has 1 aliphatic heterocycles. The number of hydrogen-bond acceptors (Lipinski definition) is 4. The van der Waals surface area contributed by atoms with Gasteiger partial charge in [-0.1, -0.05) is 18.2 Å². The summed E-state index contributed by atoms with van der Waals surface area (Å²) in [4.78, 5) is 27.7. The third-order valence-electron chi connectivity index (χ3n) is 5.76. The summed E-state index contributed by atoms with van der Waals surface area (Å²) in [7, 11) is 1.88. The molecule has 2 aromatic heterocycles. The molecule has 1 aromatic carbocycles. The lowest BCUT2D eigenvalue weighted by Gasteiger charge is -2.26. The van der Waals surface area contributed by atoms with Crippen molar-refractivity contribution in [1.29, 1.82) is 0 Å². The number of aromatic nitrogens is 4. The Balaban J connectivity index is 1.73. The van der Waals surface area contributed by atoms with Gasteiger partial charge in [-0.25, -0.2) is 4.68 Å². The Kier molecular flexibility index (Phi) is 4.61. The van der Waals surface area contributed by atoms with Gasteiger partial charge in [0.2, 0.25) is 0 Å². The quantitative estimate of drug-likeness (QED) is 0.688. The number of anilines is 1. The van der Waals surface area contributed by atoms with Gasteiger partial charge in [0.25, 0.3) is 11.5 Å². The van der Waals surface area contributed by atoms with E-state index in [-0.39, 0.29) is 17.5 Å². The zero-order valence-electron chi connectivity index (χ0n) is 17.4. The Morgan fingerprint density at radius 1 is 1.14 bits per heavy atom. The van der Waals surface area contributed by atoms with Crippen molar-refractivity contribution in [2.75, 3.05) is 4.90 Å². The zero-order chi connectivity index (χ0) is 20.9. The predicted molar refractivity (Wildman–Crippen MR) is 112 cm³/mol. The fraction of sp³-hybridized carbons (Fsp3) is 0.364. The molecule has 0 spiro atoms. The first-order valence-corrected chi connectivity index (χ1v) is 9.81. The zero-order valence-corrected chi connectivity index (χ0v) is 17.4. The maximum absolute atomic E-state index is 13.4. The van der Waals surface area contributed by atoms with Crippen LogP contribution >= 0.6 is 0 Å². The van der Waals surface area contributed by atoms with E-state index < -0.39 is 6.04 Å². The highest BCUT2D eigenvalue weighted by Gasteiger charge is 2.34. The summed E-state index contributed by atoms with van der Waals surface area (Å²) in [6.07, 6.45) is 0.811. The second kappa shape index (κ2) is 6.99. The largest absolute Gasteiger partial charge is 0.307 e. The van der Waals surface area contributed by atoms with E-state index in [1.165, 1.54) is 10.7 Å². The first-order chi connectivity index (χ1) is 13.8. The van der Waals surface area contributed by atoms with Gasteiger partial charge in [-0.05, 0) is 51.8 Å². The number of benzene rings is 1. The third kappa shape index (κ3) is 3.06. The van der Waals surface area contributed by atoms with Crippen LogP contribution < -0.4 is 10.5 Å². The number of aryl methyl sites for hydroxylation is 2. The average Bonchev–Trinajstić information content (AvgIpc) is 3.16. The van der Waals surface area contributed by atoms with Crippen LogP contribution in [0.15, 0.2) is 41.2 Å². The number of rotatable bonds is 3. The van der Waals surface area contributed by atoms with E-state index in [0.29, 0.717) is 5.69 Å². The molecule has 0 fully saturated rings. The maximum atomic E-state index is 13.4. The van der Waals surface area contributed by atoms with Gasteiger partial charge < -0.3 is 4.90 Å². The smallest absolute Gasteiger partial charge is 0.267 e. The Morgan fingerprint density at radius 2 is 1.86 bits per heavy atom. The van der Waals surface area contributed by atoms with Crippen LogP contribution in [0.25, 0.3) is 11.3 Å². The number of para-hydroxylation sites is 1. The van der Waals surface area contributed by atoms with Crippen LogP contribution in [0.3, 0.4) is 0 Å². The summed E-state index contributed by atoms with van der Waals surface area (Å²) in [6.45, 7) is 7.64. The Morgan fingerprint density at radius 3 is 2.55 bits per heavy atom. The van der Waals surface area contributed by atoms with Gasteiger partial charge >= 0.3 is 0 Å². The van der Waals surface area contributed by atoms with Gasteiger partial charge in [-0.3, -0.25) is 14.3 Å². The van der Waals surface area contributed by atoms with Crippen LogP contribution in [0, 0.1) is 13.8 Å². The second-order valence-corrected chi connectivity index (χ2v) is 7.74. The SMILES string of the molecule is Cc1nn(C)c(C)c1-c1ccc(=O)n([C@H](C)C(=O)N2c3ccccc3C[C@H]2C)n1. The Hall–Kier alpha value is -3.22. The fourth-order valence-corrected chi connectivity index (χ4v) is 4.19. The monoisotopic (exact) mass is 391 g/mol. The lowest BCUT2D eigenvalue weighted by atomic mass is 10.1. The van der Waals surface area contributed by atoms with E-state index in [1.807, 2.05) is 52.1 Å². The standard InChI is InChI=1S/C22H25N5O2/c1-13-12-17-8-6-7-9-19(17)26(13)22(29)16(4)27-20(28)11-10-18(24-27)21-14(2)23-25(5)15(21)3/h6-11,13,16H,12H2,1-5H3/t13-,16-/m1/s1. The molecule has 3 heterocycles. The van der Waals surface area contributed by atoms with Gasteiger partial charge in [-0.15, -0.1) is 0 Å². The van der Waals surface area contributed by atoms with Crippen LogP contribution in [0.2, 0.25) is 0 Å². The van der Waals surface area contributed by atoms with E-state index in [9.17, 15) is 9.59 Å². The molecule has 0 saturated heterocycles. The molecule has 150 valence electrons. The van der Waals surface area contributed by atoms with Crippen molar-refractivity contribution < 1.29 is 4.79 Å². The lowest BCUT2D eigenvalue weighted by molar-refractivity contribution is -0.121. The highest BCUT2D eigenvalue weighted by Crippen LogP contribution is 2.33. The Bertz CT molecular complexity index is 1160. The number of amides is 1. The molecular weight excluding hydrogens is 366 g/mol. The van der Waals surface area contributed by atoms with Crippen LogP contribution in [0.5, 0.6) is 0 Å². The van der Waals surface area contributed by atoms with Crippen LogP contribution in [-0.4, -0.2) is 31.5 Å². The summed E-state index contributed by atoms with van der Waals surface area (Å²) in [6, 6.07) is 10.4. The molecule has 0 bridgehead atoms. The molecule has 0 N–H and O–H groups in total. The number of nitrogens with zero attached hydrogens (tertiary/aromatic N) is 5. The van der Waals surface area contributed by atoms with Crippen LogP contribution in [0.4, 0.5) is 5.69 Å². The van der Waals surface area contributed by atoms with Crippen molar-refractivity contribution in [1.82, 2.24) is 19.6 Å². The van der Waals surface area contributed by atoms with Crippen molar-refractivity contribution >= 4 is 11.6 Å². The van der Waals surface area contributed by atoms with Crippen molar-refractivity contribution in [3.05, 3.63) is 63.7 Å². The van der Waals surface area contributed by atoms with Gasteiger partial charge in [0.1, 0.15) is 6.04 Å². The summed E-state index contributed by atoms with van der Waals surface area (Å²) in [5, 5.41) is 8.99. The number of hydrogen-bond donors (Lipinski definition) is 0. The molecular formula is C22H25N5O2. The van der Waals surface area contributed by atoms with Crippen molar-refractivity contribution in [2.24, 2.45) is 7.05 Å². The molecule has 0 unspecified atom stereocenters. The summed E-state index contributed by atoms with van der Waals surface area (Å²) in [5.41, 5.74) is 5.10. The van der Waals surface area contributed by atoms with E-state index in [0.717, 1.165) is 34.6 Å². The number of fused-ring (bicyclic) bond motifs is 1. The van der Waals surface area contributed by atoms with Crippen LogP contribution in [0.1, 0.15) is 36.8 Å². The van der Waals surface area contributed by atoms with Crippen molar-refractivity contribution in [3.63, 3.8) is 0 Å². The van der Waals surface area contributed by atoms with Gasteiger partial charge in [0.05, 0.1) is 11.4 Å². The maximum Gasteiger partial charge on any atom is 0.267 e.